The van der Waals surface area contributed by atoms with Crippen LogP contribution in [0.3, 0.4) is 0 Å². The van der Waals surface area contributed by atoms with Crippen LogP contribution < -0.4 is 5.32 Å². The largest absolute Gasteiger partial charge is 0.314 e. The molecule has 2 aromatic heterocycles. The molecule has 0 spiro atoms. The number of nitrogens with one attached hydrogen (secondary N) is 1. The van der Waals surface area contributed by atoms with Crippen LogP contribution in [0.1, 0.15) is 29.8 Å². The second kappa shape index (κ2) is 5.13. The molecule has 100 valence electrons. The molecule has 0 atom stereocenters. The fourth-order valence-corrected chi connectivity index (χ4v) is 2.43. The van der Waals surface area contributed by atoms with Gasteiger partial charge in [-0.05, 0) is 57.4 Å². The molecule has 1 aliphatic carbocycles. The third kappa shape index (κ3) is 2.68. The molecule has 19 heavy (non-hydrogen) atoms. The van der Waals surface area contributed by atoms with Crippen LogP contribution in [0.4, 0.5) is 0 Å². The summed E-state index contributed by atoms with van der Waals surface area (Å²) in [5.74, 6) is 0.893. The normalized spacial score (nSPS) is 14.8. The van der Waals surface area contributed by atoms with E-state index in [1.807, 2.05) is 22.9 Å². The maximum atomic E-state index is 4.62. The molecule has 1 aliphatic rings. The topological polar surface area (TPSA) is 42.7 Å². The number of aromatic nitrogens is 3. The van der Waals surface area contributed by atoms with Crippen LogP contribution in [0, 0.1) is 13.8 Å². The van der Waals surface area contributed by atoms with Crippen molar-refractivity contribution in [2.75, 3.05) is 6.54 Å². The van der Waals surface area contributed by atoms with Gasteiger partial charge in [0.1, 0.15) is 0 Å². The Kier molecular flexibility index (Phi) is 3.34. The Balaban J connectivity index is 1.79. The van der Waals surface area contributed by atoms with E-state index in [2.05, 4.69) is 29.2 Å². The van der Waals surface area contributed by atoms with E-state index in [-0.39, 0.29) is 0 Å². The highest BCUT2D eigenvalue weighted by Crippen LogP contribution is 2.20. The number of hydrogen-bond donors (Lipinski definition) is 1. The predicted octanol–water partition coefficient (Wildman–Crippen LogP) is 2.18. The van der Waals surface area contributed by atoms with Crippen LogP contribution in [-0.4, -0.2) is 27.4 Å². The average Bonchev–Trinajstić information content (AvgIpc) is 3.20. The lowest BCUT2D eigenvalue weighted by Gasteiger charge is -2.05. The molecule has 0 unspecified atom stereocenters. The molecule has 1 N–H and O–H groups in total. The highest BCUT2D eigenvalue weighted by Gasteiger charge is 2.20. The number of pyridine rings is 1. The Morgan fingerprint density at radius 1 is 1.32 bits per heavy atom. The summed E-state index contributed by atoms with van der Waals surface area (Å²) in [5.41, 5.74) is 3.66. The van der Waals surface area contributed by atoms with Crippen LogP contribution in [0.2, 0.25) is 0 Å². The fourth-order valence-electron chi connectivity index (χ4n) is 2.43. The molecule has 1 fully saturated rings. The molecule has 1 saturated carbocycles. The van der Waals surface area contributed by atoms with Gasteiger partial charge in [-0.25, -0.2) is 9.67 Å². The minimum Gasteiger partial charge on any atom is -0.314 e. The molecule has 4 nitrogen and oxygen atoms in total. The fraction of sp³-hybridized carbons (Fsp3) is 0.467. The quantitative estimate of drug-likeness (QED) is 0.891. The van der Waals surface area contributed by atoms with Crippen LogP contribution in [-0.2, 0) is 6.42 Å². The van der Waals surface area contributed by atoms with Crippen molar-refractivity contribution < 1.29 is 0 Å². The highest BCUT2D eigenvalue weighted by molar-refractivity contribution is 5.32. The molecule has 0 radical (unpaired) electrons. The van der Waals surface area contributed by atoms with E-state index >= 15 is 0 Å². The lowest BCUT2D eigenvalue weighted by Crippen LogP contribution is -2.19. The first-order valence-electron chi connectivity index (χ1n) is 6.95. The van der Waals surface area contributed by atoms with Crippen LogP contribution in [0.5, 0.6) is 0 Å². The third-order valence-corrected chi connectivity index (χ3v) is 3.69. The summed E-state index contributed by atoms with van der Waals surface area (Å²) in [6, 6.07) is 6.68. The van der Waals surface area contributed by atoms with E-state index in [0.29, 0.717) is 0 Å². The predicted molar refractivity (Wildman–Crippen MR) is 75.6 cm³/mol. The number of hydrogen-bond acceptors (Lipinski definition) is 3. The van der Waals surface area contributed by atoms with Crippen molar-refractivity contribution in [2.45, 2.75) is 39.2 Å². The second-order valence-corrected chi connectivity index (χ2v) is 5.23. The minimum absolute atomic E-state index is 0.770. The van der Waals surface area contributed by atoms with Crippen LogP contribution in [0.25, 0.3) is 5.82 Å². The van der Waals surface area contributed by atoms with Gasteiger partial charge in [-0.2, -0.15) is 5.10 Å². The van der Waals surface area contributed by atoms with Crippen molar-refractivity contribution in [3.63, 3.8) is 0 Å². The molecule has 2 aromatic rings. The molecule has 0 amide bonds. The Morgan fingerprint density at radius 2 is 2.16 bits per heavy atom. The van der Waals surface area contributed by atoms with Gasteiger partial charge in [-0.15, -0.1) is 0 Å². The Bertz CT molecular complexity index is 555. The zero-order valence-corrected chi connectivity index (χ0v) is 11.6. The first-order valence-corrected chi connectivity index (χ1v) is 6.95. The van der Waals surface area contributed by atoms with E-state index in [1.165, 1.54) is 24.1 Å². The average molecular weight is 256 g/mol. The second-order valence-electron chi connectivity index (χ2n) is 5.23. The van der Waals surface area contributed by atoms with Crippen LogP contribution >= 0.6 is 0 Å². The molecule has 0 saturated heterocycles. The number of nitrogens with zero attached hydrogens (tertiary/aromatic N) is 3. The van der Waals surface area contributed by atoms with E-state index in [0.717, 1.165) is 30.5 Å². The molecule has 0 aliphatic heterocycles. The Labute approximate surface area is 113 Å². The Hall–Kier alpha value is -1.68. The van der Waals surface area contributed by atoms with Gasteiger partial charge >= 0.3 is 0 Å². The third-order valence-electron chi connectivity index (χ3n) is 3.69. The molecule has 3 rings (SSSR count). The first-order chi connectivity index (χ1) is 9.25. The minimum atomic E-state index is 0.770. The zero-order valence-electron chi connectivity index (χ0n) is 11.6. The lowest BCUT2D eigenvalue weighted by atomic mass is 10.1. The maximum Gasteiger partial charge on any atom is 0.153 e. The smallest absolute Gasteiger partial charge is 0.153 e. The van der Waals surface area contributed by atoms with Crippen molar-refractivity contribution in [1.82, 2.24) is 20.1 Å². The van der Waals surface area contributed by atoms with Gasteiger partial charge in [-0.3, -0.25) is 0 Å². The van der Waals surface area contributed by atoms with Crippen molar-refractivity contribution >= 4 is 0 Å². The van der Waals surface area contributed by atoms with Crippen molar-refractivity contribution in [2.24, 2.45) is 0 Å². The summed E-state index contributed by atoms with van der Waals surface area (Å²) in [6.45, 7) is 5.25. The van der Waals surface area contributed by atoms with Crippen molar-refractivity contribution in [1.29, 1.82) is 0 Å². The maximum absolute atomic E-state index is 4.62. The molecule has 0 bridgehead atoms. The monoisotopic (exact) mass is 256 g/mol. The first kappa shape index (κ1) is 12.4. The van der Waals surface area contributed by atoms with Crippen molar-refractivity contribution in [3.05, 3.63) is 41.3 Å². The van der Waals surface area contributed by atoms with E-state index < -0.39 is 0 Å². The highest BCUT2D eigenvalue weighted by atomic mass is 15.3. The zero-order chi connectivity index (χ0) is 13.2. The summed E-state index contributed by atoms with van der Waals surface area (Å²) >= 11 is 0. The van der Waals surface area contributed by atoms with Gasteiger partial charge < -0.3 is 5.32 Å². The van der Waals surface area contributed by atoms with Gasteiger partial charge in [0.05, 0.1) is 5.69 Å². The summed E-state index contributed by atoms with van der Waals surface area (Å²) in [4.78, 5) is 4.37. The number of rotatable bonds is 5. The van der Waals surface area contributed by atoms with Crippen molar-refractivity contribution in [3.8, 4) is 5.82 Å². The van der Waals surface area contributed by atoms with Crippen LogP contribution in [0.15, 0.2) is 24.4 Å². The molecule has 0 aromatic carbocycles. The SMILES string of the molecule is Cc1nn(-c2ccccn2)c(C)c1CCNC1CC1. The molecule has 2 heterocycles. The number of aryl methyl sites for hydroxylation is 1. The van der Waals surface area contributed by atoms with Gasteiger partial charge in [-0.1, -0.05) is 6.07 Å². The summed E-state index contributed by atoms with van der Waals surface area (Å²) in [6.07, 6.45) is 5.53. The lowest BCUT2D eigenvalue weighted by molar-refractivity contribution is 0.679. The van der Waals surface area contributed by atoms with Gasteiger partial charge in [0.2, 0.25) is 0 Å². The van der Waals surface area contributed by atoms with Gasteiger partial charge in [0.25, 0.3) is 0 Å². The molecular formula is C15H20N4. The van der Waals surface area contributed by atoms with E-state index in [4.69, 9.17) is 0 Å². The Morgan fingerprint density at radius 3 is 2.84 bits per heavy atom. The standard InChI is InChI=1S/C15H20N4/c1-11-14(8-10-16-13-6-7-13)12(2)19(18-11)15-5-3-4-9-17-15/h3-5,9,13,16H,6-8,10H2,1-2H3. The van der Waals surface area contributed by atoms with E-state index in [9.17, 15) is 0 Å². The van der Waals surface area contributed by atoms with E-state index in [1.54, 1.807) is 6.20 Å². The van der Waals surface area contributed by atoms with Gasteiger partial charge in [0.15, 0.2) is 5.82 Å². The molecule has 4 heteroatoms. The molecular weight excluding hydrogens is 236 g/mol. The summed E-state index contributed by atoms with van der Waals surface area (Å²) < 4.78 is 1.95. The summed E-state index contributed by atoms with van der Waals surface area (Å²) in [7, 11) is 0. The summed E-state index contributed by atoms with van der Waals surface area (Å²) in [5, 5.41) is 8.18. The van der Waals surface area contributed by atoms with Gasteiger partial charge in [0, 0.05) is 17.9 Å².